The summed E-state index contributed by atoms with van der Waals surface area (Å²) < 4.78 is 39.1. The van der Waals surface area contributed by atoms with Gasteiger partial charge >= 0.3 is 0 Å². The molecule has 10 nitrogen and oxygen atoms in total. The van der Waals surface area contributed by atoms with Crippen molar-refractivity contribution in [1.29, 1.82) is 0 Å². The van der Waals surface area contributed by atoms with Gasteiger partial charge in [-0.3, -0.25) is 4.72 Å². The number of anilines is 3. The summed E-state index contributed by atoms with van der Waals surface area (Å²) in [6, 6.07) is 17.5. The van der Waals surface area contributed by atoms with Crippen molar-refractivity contribution in [3.05, 3.63) is 71.6 Å². The first-order valence-electron chi connectivity index (χ1n) is 9.65. The monoisotopic (exact) mass is 465 g/mol. The summed E-state index contributed by atoms with van der Waals surface area (Å²) in [7, 11) is -1.05. The van der Waals surface area contributed by atoms with E-state index >= 15 is 0 Å². The molecule has 0 saturated carbocycles. The second kappa shape index (κ2) is 9.09. The zero-order chi connectivity index (χ0) is 23.4. The Bertz CT molecular complexity index is 1420. The third kappa shape index (κ3) is 4.83. The van der Waals surface area contributed by atoms with Crippen molar-refractivity contribution in [2.75, 3.05) is 24.3 Å². The number of fused-ring (bicyclic) bond motifs is 1. The van der Waals surface area contributed by atoms with Gasteiger partial charge in [0.1, 0.15) is 17.2 Å². The minimum atomic E-state index is -4.10. The number of methoxy groups -OCH3 is 2. The lowest BCUT2D eigenvalue weighted by Crippen LogP contribution is -2.16. The molecular weight excluding hydrogens is 446 g/mol. The molecule has 2 N–H and O–H groups in total. The van der Waals surface area contributed by atoms with Crippen LogP contribution in [0.4, 0.5) is 23.0 Å². The molecule has 4 rings (SSSR count). The molecule has 0 unspecified atom stereocenters. The Hall–Kier alpha value is -4.25. The Morgan fingerprint density at radius 1 is 0.818 bits per heavy atom. The van der Waals surface area contributed by atoms with Crippen molar-refractivity contribution >= 4 is 44.1 Å². The highest BCUT2D eigenvalue weighted by Gasteiger charge is 2.20. The number of nitroso groups, excluding NO2 is 1. The van der Waals surface area contributed by atoms with E-state index in [1.54, 1.807) is 42.5 Å². The molecule has 0 fully saturated rings. The molecule has 1 heterocycles. The van der Waals surface area contributed by atoms with Crippen LogP contribution in [0, 0.1) is 4.91 Å². The van der Waals surface area contributed by atoms with Crippen molar-refractivity contribution in [2.45, 2.75) is 4.90 Å². The second-order valence-electron chi connectivity index (χ2n) is 6.83. The van der Waals surface area contributed by atoms with Gasteiger partial charge in [-0.1, -0.05) is 18.2 Å². The zero-order valence-electron chi connectivity index (χ0n) is 17.6. The molecule has 0 spiro atoms. The number of aromatic nitrogens is 2. The van der Waals surface area contributed by atoms with Gasteiger partial charge in [0.05, 0.1) is 30.1 Å². The lowest BCUT2D eigenvalue weighted by Gasteiger charge is -2.15. The molecule has 11 heteroatoms. The maximum Gasteiger partial charge on any atom is 0.263 e. The first-order valence-corrected chi connectivity index (χ1v) is 11.1. The fourth-order valence-electron chi connectivity index (χ4n) is 3.07. The molecule has 3 aromatic carbocycles. The third-order valence-electron chi connectivity index (χ3n) is 4.65. The van der Waals surface area contributed by atoms with E-state index in [2.05, 4.69) is 25.2 Å². The molecule has 0 aliphatic heterocycles. The van der Waals surface area contributed by atoms with Crippen LogP contribution in [0.25, 0.3) is 11.0 Å². The molecule has 0 bridgehead atoms. The van der Waals surface area contributed by atoms with Gasteiger partial charge in [0.15, 0.2) is 11.6 Å². The predicted molar refractivity (Wildman–Crippen MR) is 125 cm³/mol. The third-order valence-corrected chi connectivity index (χ3v) is 5.99. The fraction of sp³-hybridized carbons (Fsp3) is 0.0909. The number of para-hydroxylation sites is 2. The van der Waals surface area contributed by atoms with Crippen molar-refractivity contribution in [1.82, 2.24) is 9.97 Å². The van der Waals surface area contributed by atoms with Gasteiger partial charge in [-0.2, -0.15) is 0 Å². The Kier molecular flexibility index (Phi) is 6.05. The molecule has 0 aliphatic carbocycles. The molecule has 33 heavy (non-hydrogen) atoms. The van der Waals surface area contributed by atoms with Gasteiger partial charge in [-0.25, -0.2) is 18.4 Å². The van der Waals surface area contributed by atoms with Gasteiger partial charge in [0.2, 0.25) is 0 Å². The van der Waals surface area contributed by atoms with Crippen molar-refractivity contribution < 1.29 is 17.9 Å². The lowest BCUT2D eigenvalue weighted by molar-refractivity contribution is 0.395. The van der Waals surface area contributed by atoms with Crippen LogP contribution in [-0.2, 0) is 10.0 Å². The summed E-state index contributed by atoms with van der Waals surface area (Å²) in [6.45, 7) is 0. The Morgan fingerprint density at radius 3 is 2.06 bits per heavy atom. The first kappa shape index (κ1) is 22.0. The normalized spacial score (nSPS) is 11.1. The highest BCUT2D eigenvalue weighted by atomic mass is 32.2. The van der Waals surface area contributed by atoms with Crippen LogP contribution in [0.5, 0.6) is 11.5 Å². The van der Waals surface area contributed by atoms with Gasteiger partial charge in [-0.15, -0.1) is 4.91 Å². The average molecular weight is 465 g/mol. The van der Waals surface area contributed by atoms with E-state index in [0.29, 0.717) is 28.2 Å². The topological polar surface area (TPSA) is 132 Å². The van der Waals surface area contributed by atoms with Gasteiger partial charge in [-0.05, 0) is 35.5 Å². The number of hydrogen-bond acceptors (Lipinski definition) is 9. The standard InChI is InChI=1S/C22H19N5O5S/c1-31-16-10-15(11-17(13-16)32-2)23-21-22(25-20-9-4-3-8-19(20)24-21)27-33(29,30)18-7-5-6-14(12-18)26-28/h3-13H,1-2H3,(H,23,24)(H,25,27). The van der Waals surface area contributed by atoms with E-state index in [0.717, 1.165) is 0 Å². The van der Waals surface area contributed by atoms with Crippen LogP contribution in [0.15, 0.2) is 76.8 Å². The Balaban J connectivity index is 1.79. The first-order chi connectivity index (χ1) is 15.9. The summed E-state index contributed by atoms with van der Waals surface area (Å²) in [5, 5.41) is 5.87. The maximum absolute atomic E-state index is 13.0. The lowest BCUT2D eigenvalue weighted by atomic mass is 10.2. The summed E-state index contributed by atoms with van der Waals surface area (Å²) in [5.41, 5.74) is 1.59. The molecule has 0 aliphatic rings. The summed E-state index contributed by atoms with van der Waals surface area (Å²) in [4.78, 5) is 19.7. The van der Waals surface area contributed by atoms with Gasteiger partial charge in [0.25, 0.3) is 10.0 Å². The van der Waals surface area contributed by atoms with Crippen LogP contribution < -0.4 is 19.5 Å². The zero-order valence-corrected chi connectivity index (χ0v) is 18.5. The van der Waals surface area contributed by atoms with Crippen LogP contribution >= 0.6 is 0 Å². The minimum Gasteiger partial charge on any atom is -0.497 e. The minimum absolute atomic E-state index is 0.00991. The molecular formula is C22H19N5O5S. The van der Waals surface area contributed by atoms with Crippen molar-refractivity contribution in [3.8, 4) is 11.5 Å². The number of sulfonamides is 1. The predicted octanol–water partition coefficient (Wildman–Crippen LogP) is 4.59. The highest BCUT2D eigenvalue weighted by molar-refractivity contribution is 7.92. The SMILES string of the molecule is COc1cc(Nc2nc3ccccc3nc2NS(=O)(=O)c2cccc(N=O)c2)cc(OC)c1. The number of ether oxygens (including phenoxy) is 2. The molecule has 0 saturated heterocycles. The number of nitrogens with one attached hydrogen (secondary N) is 2. The van der Waals surface area contributed by atoms with E-state index in [4.69, 9.17) is 9.47 Å². The number of rotatable bonds is 8. The van der Waals surface area contributed by atoms with Crippen molar-refractivity contribution in [3.63, 3.8) is 0 Å². The molecule has 0 radical (unpaired) electrons. The molecule has 0 atom stereocenters. The van der Waals surface area contributed by atoms with E-state index < -0.39 is 10.0 Å². The Morgan fingerprint density at radius 2 is 1.45 bits per heavy atom. The largest absolute Gasteiger partial charge is 0.497 e. The summed E-state index contributed by atoms with van der Waals surface area (Å²) >= 11 is 0. The van der Waals surface area contributed by atoms with Gasteiger partial charge in [0, 0.05) is 23.9 Å². The summed E-state index contributed by atoms with van der Waals surface area (Å²) in [5.74, 6) is 1.20. The molecule has 0 amide bonds. The van der Waals surface area contributed by atoms with Crippen LogP contribution in [-0.4, -0.2) is 32.6 Å². The van der Waals surface area contributed by atoms with Crippen LogP contribution in [0.1, 0.15) is 0 Å². The van der Waals surface area contributed by atoms with Crippen LogP contribution in [0.2, 0.25) is 0 Å². The molecule has 4 aromatic rings. The molecule has 1 aromatic heterocycles. The number of hydrogen-bond donors (Lipinski definition) is 2. The van der Waals surface area contributed by atoms with Gasteiger partial charge < -0.3 is 14.8 Å². The summed E-state index contributed by atoms with van der Waals surface area (Å²) in [6.07, 6.45) is 0. The van der Waals surface area contributed by atoms with E-state index in [-0.39, 0.29) is 22.2 Å². The number of nitrogens with zero attached hydrogens (tertiary/aromatic N) is 3. The average Bonchev–Trinajstić information content (AvgIpc) is 2.84. The number of benzene rings is 3. The van der Waals surface area contributed by atoms with E-state index in [1.165, 1.54) is 38.5 Å². The van der Waals surface area contributed by atoms with E-state index in [9.17, 15) is 13.3 Å². The maximum atomic E-state index is 13.0. The van der Waals surface area contributed by atoms with E-state index in [1.807, 2.05) is 0 Å². The van der Waals surface area contributed by atoms with Crippen LogP contribution in [0.3, 0.4) is 0 Å². The fourth-order valence-corrected chi connectivity index (χ4v) is 4.12. The van der Waals surface area contributed by atoms with Crippen molar-refractivity contribution in [2.24, 2.45) is 5.18 Å². The molecule has 168 valence electrons. The highest BCUT2D eigenvalue weighted by Crippen LogP contribution is 2.31. The Labute approximate surface area is 189 Å². The second-order valence-corrected chi connectivity index (χ2v) is 8.51. The smallest absolute Gasteiger partial charge is 0.263 e. The quantitative estimate of drug-likeness (QED) is 0.361.